The Balaban J connectivity index is 2.08. The molecule has 1 unspecified atom stereocenters. The van der Waals surface area contributed by atoms with Gasteiger partial charge in [-0.25, -0.2) is 0 Å². The van der Waals surface area contributed by atoms with Gasteiger partial charge in [-0.1, -0.05) is 59.7 Å². The average Bonchev–Trinajstić information content (AvgIpc) is 2.90. The summed E-state index contributed by atoms with van der Waals surface area (Å²) in [5.74, 6) is 0. The number of nitrogens with one attached hydrogen (secondary N) is 1. The first-order valence-electron chi connectivity index (χ1n) is 8.98. The van der Waals surface area contributed by atoms with Gasteiger partial charge < -0.3 is 5.32 Å². The Morgan fingerprint density at radius 1 is 0.792 bits per heavy atom. The van der Waals surface area contributed by atoms with E-state index in [4.69, 9.17) is 0 Å². The lowest BCUT2D eigenvalue weighted by Gasteiger charge is -2.28. The SMILES string of the molecule is Cc1ccc(C2=C(c3ccc(C)cc3)C(NC(C)(C)C)CC2)cc1. The molecule has 0 radical (unpaired) electrons. The van der Waals surface area contributed by atoms with E-state index in [-0.39, 0.29) is 5.54 Å². The van der Waals surface area contributed by atoms with Gasteiger partial charge >= 0.3 is 0 Å². The third-order valence-corrected chi connectivity index (χ3v) is 4.73. The summed E-state index contributed by atoms with van der Waals surface area (Å²) in [4.78, 5) is 0. The Morgan fingerprint density at radius 2 is 1.29 bits per heavy atom. The van der Waals surface area contributed by atoms with Gasteiger partial charge in [0.25, 0.3) is 0 Å². The summed E-state index contributed by atoms with van der Waals surface area (Å²) < 4.78 is 0. The molecule has 0 amide bonds. The van der Waals surface area contributed by atoms with Crippen molar-refractivity contribution in [1.82, 2.24) is 5.32 Å². The maximum atomic E-state index is 3.83. The number of hydrogen-bond donors (Lipinski definition) is 1. The van der Waals surface area contributed by atoms with E-state index in [1.807, 2.05) is 0 Å². The molecule has 0 aromatic heterocycles. The Labute approximate surface area is 146 Å². The molecule has 0 spiro atoms. The predicted molar refractivity (Wildman–Crippen MR) is 105 cm³/mol. The lowest BCUT2D eigenvalue weighted by Crippen LogP contribution is -2.43. The van der Waals surface area contributed by atoms with Crippen LogP contribution in [0.1, 0.15) is 55.9 Å². The number of benzene rings is 2. The van der Waals surface area contributed by atoms with E-state index in [0.29, 0.717) is 6.04 Å². The lowest BCUT2D eigenvalue weighted by molar-refractivity contribution is 0.393. The van der Waals surface area contributed by atoms with Crippen LogP contribution in [0, 0.1) is 13.8 Å². The molecule has 2 aromatic rings. The molecule has 1 nitrogen and oxygen atoms in total. The highest BCUT2D eigenvalue weighted by Crippen LogP contribution is 2.40. The van der Waals surface area contributed by atoms with Crippen molar-refractivity contribution in [2.75, 3.05) is 0 Å². The van der Waals surface area contributed by atoms with Gasteiger partial charge in [0.1, 0.15) is 0 Å². The third-order valence-electron chi connectivity index (χ3n) is 4.73. The average molecular weight is 319 g/mol. The van der Waals surface area contributed by atoms with Crippen molar-refractivity contribution in [2.24, 2.45) is 0 Å². The standard InChI is InChI=1S/C23H29N/c1-16-6-10-18(11-7-16)20-14-15-21(24-23(3,4)5)22(20)19-12-8-17(2)9-13-19/h6-13,21,24H,14-15H2,1-5H3. The van der Waals surface area contributed by atoms with E-state index in [1.54, 1.807) is 0 Å². The second kappa shape index (κ2) is 6.57. The van der Waals surface area contributed by atoms with Crippen LogP contribution in [0.2, 0.25) is 0 Å². The van der Waals surface area contributed by atoms with Crippen LogP contribution in [0.4, 0.5) is 0 Å². The summed E-state index contributed by atoms with van der Waals surface area (Å²) in [5, 5.41) is 3.83. The van der Waals surface area contributed by atoms with Crippen LogP contribution >= 0.6 is 0 Å². The predicted octanol–water partition coefficient (Wildman–Crippen LogP) is 5.76. The molecular weight excluding hydrogens is 290 g/mol. The van der Waals surface area contributed by atoms with E-state index in [0.717, 1.165) is 6.42 Å². The molecule has 0 fully saturated rings. The Hall–Kier alpha value is -1.86. The molecule has 0 saturated heterocycles. The zero-order valence-corrected chi connectivity index (χ0v) is 15.6. The fourth-order valence-electron chi connectivity index (χ4n) is 3.61. The van der Waals surface area contributed by atoms with Crippen LogP contribution in [0.3, 0.4) is 0 Å². The lowest BCUT2D eigenvalue weighted by atomic mass is 9.93. The Morgan fingerprint density at radius 3 is 1.79 bits per heavy atom. The first-order chi connectivity index (χ1) is 11.3. The molecule has 3 rings (SSSR count). The minimum atomic E-state index is 0.114. The molecule has 0 aliphatic heterocycles. The quantitative estimate of drug-likeness (QED) is 0.758. The van der Waals surface area contributed by atoms with Crippen molar-refractivity contribution >= 4 is 11.1 Å². The largest absolute Gasteiger partial charge is 0.305 e. The van der Waals surface area contributed by atoms with Crippen LogP contribution in [0.25, 0.3) is 11.1 Å². The van der Waals surface area contributed by atoms with E-state index >= 15 is 0 Å². The van der Waals surface area contributed by atoms with Crippen molar-refractivity contribution in [1.29, 1.82) is 0 Å². The number of rotatable bonds is 3. The van der Waals surface area contributed by atoms with Crippen molar-refractivity contribution in [2.45, 2.75) is 59.0 Å². The normalized spacial score (nSPS) is 18.3. The highest BCUT2D eigenvalue weighted by molar-refractivity contribution is 5.95. The second-order valence-corrected chi connectivity index (χ2v) is 8.11. The molecule has 126 valence electrons. The summed E-state index contributed by atoms with van der Waals surface area (Å²) >= 11 is 0. The molecule has 1 heteroatoms. The molecule has 24 heavy (non-hydrogen) atoms. The molecule has 1 atom stereocenters. The van der Waals surface area contributed by atoms with E-state index in [9.17, 15) is 0 Å². The second-order valence-electron chi connectivity index (χ2n) is 8.11. The van der Waals surface area contributed by atoms with Crippen molar-refractivity contribution in [3.8, 4) is 0 Å². The smallest absolute Gasteiger partial charge is 0.0336 e. The van der Waals surface area contributed by atoms with Gasteiger partial charge in [0.2, 0.25) is 0 Å². The van der Waals surface area contributed by atoms with Crippen molar-refractivity contribution in [3.63, 3.8) is 0 Å². The number of allylic oxidation sites excluding steroid dienone is 1. The van der Waals surface area contributed by atoms with Crippen molar-refractivity contribution in [3.05, 3.63) is 70.8 Å². The van der Waals surface area contributed by atoms with E-state index < -0.39 is 0 Å². The van der Waals surface area contributed by atoms with Gasteiger partial charge in [0, 0.05) is 11.6 Å². The van der Waals surface area contributed by atoms with Gasteiger partial charge in [-0.15, -0.1) is 0 Å². The maximum Gasteiger partial charge on any atom is 0.0336 e. The number of hydrogen-bond acceptors (Lipinski definition) is 1. The molecule has 1 aliphatic rings. The topological polar surface area (TPSA) is 12.0 Å². The summed E-state index contributed by atoms with van der Waals surface area (Å²) in [5.41, 5.74) is 8.45. The minimum absolute atomic E-state index is 0.114. The van der Waals surface area contributed by atoms with Crippen molar-refractivity contribution < 1.29 is 0 Å². The minimum Gasteiger partial charge on any atom is -0.305 e. The third kappa shape index (κ3) is 3.79. The molecule has 1 N–H and O–H groups in total. The van der Waals surface area contributed by atoms with Gasteiger partial charge in [0.05, 0.1) is 0 Å². The summed E-state index contributed by atoms with van der Waals surface area (Å²) in [7, 11) is 0. The molecule has 0 saturated carbocycles. The fourth-order valence-corrected chi connectivity index (χ4v) is 3.61. The Kier molecular flexibility index (Phi) is 4.64. The highest BCUT2D eigenvalue weighted by Gasteiger charge is 2.29. The zero-order chi connectivity index (χ0) is 17.3. The monoisotopic (exact) mass is 319 g/mol. The van der Waals surface area contributed by atoms with E-state index in [2.05, 4.69) is 88.5 Å². The molecule has 2 aromatic carbocycles. The first kappa shape index (κ1) is 17.0. The Bertz CT molecular complexity index is 727. The first-order valence-corrected chi connectivity index (χ1v) is 8.98. The van der Waals surface area contributed by atoms with Crippen LogP contribution in [0.5, 0.6) is 0 Å². The highest BCUT2D eigenvalue weighted by atomic mass is 15.0. The molecule has 0 bridgehead atoms. The molecule has 0 heterocycles. The van der Waals surface area contributed by atoms with E-state index in [1.165, 1.54) is 39.8 Å². The van der Waals surface area contributed by atoms with Gasteiger partial charge in [-0.05, 0) is 69.7 Å². The van der Waals surface area contributed by atoms with Gasteiger partial charge in [-0.3, -0.25) is 0 Å². The maximum absolute atomic E-state index is 3.83. The van der Waals surface area contributed by atoms with Crippen LogP contribution in [-0.2, 0) is 0 Å². The summed E-state index contributed by atoms with van der Waals surface area (Å²) in [6.07, 6.45) is 2.31. The van der Waals surface area contributed by atoms with Gasteiger partial charge in [0.15, 0.2) is 0 Å². The summed E-state index contributed by atoms with van der Waals surface area (Å²) in [6, 6.07) is 18.4. The van der Waals surface area contributed by atoms with Crippen LogP contribution < -0.4 is 5.32 Å². The summed E-state index contributed by atoms with van der Waals surface area (Å²) in [6.45, 7) is 11.1. The molecular formula is C23H29N. The zero-order valence-electron chi connectivity index (χ0n) is 15.6. The van der Waals surface area contributed by atoms with Crippen LogP contribution in [0.15, 0.2) is 48.5 Å². The number of aryl methyl sites for hydroxylation is 2. The van der Waals surface area contributed by atoms with Crippen LogP contribution in [-0.4, -0.2) is 11.6 Å². The fraction of sp³-hybridized carbons (Fsp3) is 0.391. The molecule has 1 aliphatic carbocycles. The van der Waals surface area contributed by atoms with Gasteiger partial charge in [-0.2, -0.15) is 0 Å².